The Balaban J connectivity index is 1.72. The molecule has 1 aromatic heterocycles. The minimum Gasteiger partial charge on any atom is -0.379 e. The summed E-state index contributed by atoms with van der Waals surface area (Å²) in [5.74, 6) is 0.761. The number of hydrogen-bond acceptors (Lipinski definition) is 3. The van der Waals surface area contributed by atoms with Crippen LogP contribution in [0.4, 0.5) is 0 Å². The first-order valence-corrected chi connectivity index (χ1v) is 10.5. The van der Waals surface area contributed by atoms with Gasteiger partial charge in [-0.1, -0.05) is 62.3 Å². The van der Waals surface area contributed by atoms with Crippen LogP contribution >= 0.6 is 0 Å². The molecule has 0 saturated carbocycles. The van der Waals surface area contributed by atoms with Gasteiger partial charge in [0.15, 0.2) is 5.82 Å². The first-order chi connectivity index (χ1) is 13.7. The van der Waals surface area contributed by atoms with Crippen LogP contribution in [0.3, 0.4) is 0 Å². The number of unbranched alkanes of at least 4 members (excludes halogenated alkanes) is 3. The summed E-state index contributed by atoms with van der Waals surface area (Å²) in [5.41, 5.74) is 3.33. The van der Waals surface area contributed by atoms with Gasteiger partial charge >= 0.3 is 0 Å². The van der Waals surface area contributed by atoms with Crippen LogP contribution in [-0.4, -0.2) is 22.7 Å². The number of hydrogen-bond donors (Lipinski definition) is 0. The topological polar surface area (TPSA) is 35.0 Å². The Bertz CT molecular complexity index is 704. The van der Waals surface area contributed by atoms with Crippen molar-refractivity contribution in [3.8, 4) is 11.4 Å². The summed E-state index contributed by atoms with van der Waals surface area (Å²) < 4.78 is 5.84. The van der Waals surface area contributed by atoms with E-state index in [1.54, 1.807) is 0 Å². The van der Waals surface area contributed by atoms with Crippen molar-refractivity contribution in [1.29, 1.82) is 0 Å². The van der Waals surface area contributed by atoms with Crippen LogP contribution in [0, 0.1) is 0 Å². The van der Waals surface area contributed by atoms with Crippen molar-refractivity contribution in [1.82, 2.24) is 9.97 Å². The van der Waals surface area contributed by atoms with E-state index < -0.39 is 0 Å². The van der Waals surface area contributed by atoms with Gasteiger partial charge in [0.2, 0.25) is 0 Å². The van der Waals surface area contributed by atoms with E-state index in [2.05, 4.69) is 66.8 Å². The zero-order chi connectivity index (χ0) is 20.0. The summed E-state index contributed by atoms with van der Waals surface area (Å²) in [7, 11) is 0. The Kier molecular flexibility index (Phi) is 10.2. The van der Waals surface area contributed by atoms with E-state index >= 15 is 0 Å². The van der Waals surface area contributed by atoms with Crippen LogP contribution in [0.15, 0.2) is 55.4 Å². The quantitative estimate of drug-likeness (QED) is 0.289. The lowest BCUT2D eigenvalue weighted by Gasteiger charge is -2.11. The lowest BCUT2D eigenvalue weighted by atomic mass is 10.1. The van der Waals surface area contributed by atoms with Gasteiger partial charge < -0.3 is 4.74 Å². The maximum Gasteiger partial charge on any atom is 0.159 e. The molecule has 1 heterocycles. The minimum atomic E-state index is 0.353. The lowest BCUT2D eigenvalue weighted by molar-refractivity contribution is 0.0566. The van der Waals surface area contributed by atoms with Gasteiger partial charge in [-0.3, -0.25) is 0 Å². The van der Waals surface area contributed by atoms with Crippen LogP contribution < -0.4 is 0 Å². The van der Waals surface area contributed by atoms with Gasteiger partial charge in [-0.25, -0.2) is 9.97 Å². The predicted molar refractivity (Wildman–Crippen MR) is 119 cm³/mol. The summed E-state index contributed by atoms with van der Waals surface area (Å²) in [6, 6.07) is 8.33. The molecule has 0 radical (unpaired) electrons. The first kappa shape index (κ1) is 22.0. The van der Waals surface area contributed by atoms with Crippen molar-refractivity contribution >= 4 is 6.08 Å². The maximum absolute atomic E-state index is 5.84. The number of nitrogens with zero attached hydrogens (tertiary/aromatic N) is 2. The fourth-order valence-corrected chi connectivity index (χ4v) is 2.99. The Morgan fingerprint density at radius 3 is 2.50 bits per heavy atom. The highest BCUT2D eigenvalue weighted by atomic mass is 16.5. The molecule has 0 spiro atoms. The standard InChI is InChI=1S/C25H34N2O/c1-4-6-10-18-28-21(3)12-8-7-9-13-23-19-26-25(27-20-23)24-16-14-22(11-5-2)15-17-24/h5,9,13-17,19-21H,2,4,6-8,10-12,18H2,1,3H3/b13-9+. The molecule has 1 atom stereocenters. The third-order valence-electron chi connectivity index (χ3n) is 4.71. The molecule has 0 saturated heterocycles. The van der Waals surface area contributed by atoms with Crippen molar-refractivity contribution in [2.75, 3.05) is 6.61 Å². The Morgan fingerprint density at radius 2 is 1.82 bits per heavy atom. The first-order valence-electron chi connectivity index (χ1n) is 10.5. The van der Waals surface area contributed by atoms with E-state index in [-0.39, 0.29) is 0 Å². The molecular formula is C25H34N2O. The highest BCUT2D eigenvalue weighted by Gasteiger charge is 2.02. The number of benzene rings is 1. The third-order valence-corrected chi connectivity index (χ3v) is 4.71. The molecule has 0 fully saturated rings. The fraction of sp³-hybridized carbons (Fsp3) is 0.440. The molecule has 0 bridgehead atoms. The monoisotopic (exact) mass is 378 g/mol. The molecule has 3 heteroatoms. The molecular weight excluding hydrogens is 344 g/mol. The van der Waals surface area contributed by atoms with E-state index in [1.807, 2.05) is 18.5 Å². The van der Waals surface area contributed by atoms with Crippen LogP contribution in [0.5, 0.6) is 0 Å². The minimum absolute atomic E-state index is 0.353. The van der Waals surface area contributed by atoms with E-state index in [9.17, 15) is 0 Å². The zero-order valence-electron chi connectivity index (χ0n) is 17.4. The van der Waals surface area contributed by atoms with Gasteiger partial charge in [-0.05, 0) is 44.6 Å². The third kappa shape index (κ3) is 8.18. The van der Waals surface area contributed by atoms with Crippen LogP contribution in [0.2, 0.25) is 0 Å². The molecule has 0 aliphatic rings. The number of rotatable bonds is 13. The smallest absolute Gasteiger partial charge is 0.159 e. The number of ether oxygens (including phenoxy) is 1. The maximum atomic E-state index is 5.84. The van der Waals surface area contributed by atoms with Gasteiger partial charge in [-0.15, -0.1) is 6.58 Å². The van der Waals surface area contributed by atoms with Gasteiger partial charge in [0.05, 0.1) is 6.10 Å². The normalized spacial score (nSPS) is 12.4. The lowest BCUT2D eigenvalue weighted by Crippen LogP contribution is -2.08. The zero-order valence-corrected chi connectivity index (χ0v) is 17.4. The molecule has 150 valence electrons. The van der Waals surface area contributed by atoms with Gasteiger partial charge in [0.1, 0.15) is 0 Å². The van der Waals surface area contributed by atoms with E-state index in [0.29, 0.717) is 6.10 Å². The van der Waals surface area contributed by atoms with Gasteiger partial charge in [0.25, 0.3) is 0 Å². The molecule has 3 nitrogen and oxygen atoms in total. The van der Waals surface area contributed by atoms with Gasteiger partial charge in [0, 0.05) is 30.1 Å². The largest absolute Gasteiger partial charge is 0.379 e. The Morgan fingerprint density at radius 1 is 1.07 bits per heavy atom. The molecule has 1 unspecified atom stereocenters. The molecule has 0 aliphatic heterocycles. The van der Waals surface area contributed by atoms with E-state index in [1.165, 1.54) is 24.8 Å². The second-order valence-electron chi connectivity index (χ2n) is 7.25. The number of aromatic nitrogens is 2. The predicted octanol–water partition coefficient (Wildman–Crippen LogP) is 6.65. The second-order valence-corrected chi connectivity index (χ2v) is 7.25. The molecule has 2 rings (SSSR count). The average Bonchev–Trinajstić information content (AvgIpc) is 2.72. The van der Waals surface area contributed by atoms with Crippen molar-refractivity contribution in [2.45, 2.75) is 64.9 Å². The van der Waals surface area contributed by atoms with Gasteiger partial charge in [-0.2, -0.15) is 0 Å². The highest BCUT2D eigenvalue weighted by Crippen LogP contribution is 2.16. The van der Waals surface area contributed by atoms with Crippen molar-refractivity contribution in [3.05, 3.63) is 66.5 Å². The molecule has 28 heavy (non-hydrogen) atoms. The second kappa shape index (κ2) is 13.0. The summed E-state index contributed by atoms with van der Waals surface area (Å²) in [6.45, 7) is 9.06. The van der Waals surface area contributed by atoms with E-state index in [0.717, 1.165) is 49.2 Å². The van der Waals surface area contributed by atoms with Crippen LogP contribution in [0.25, 0.3) is 17.5 Å². The SMILES string of the molecule is C=CCc1ccc(-c2ncc(/C=C/CCCC(C)OCCCCC)cn2)cc1. The summed E-state index contributed by atoms with van der Waals surface area (Å²) in [5, 5.41) is 0. The number of allylic oxidation sites excluding steroid dienone is 2. The molecule has 0 aliphatic carbocycles. The van der Waals surface area contributed by atoms with E-state index in [4.69, 9.17) is 4.74 Å². The molecule has 0 N–H and O–H groups in total. The van der Waals surface area contributed by atoms with Crippen LogP contribution in [-0.2, 0) is 11.2 Å². The van der Waals surface area contributed by atoms with Crippen molar-refractivity contribution < 1.29 is 4.74 Å². The molecule has 2 aromatic rings. The van der Waals surface area contributed by atoms with Crippen molar-refractivity contribution in [2.24, 2.45) is 0 Å². The van der Waals surface area contributed by atoms with Crippen LogP contribution in [0.1, 0.15) is 63.5 Å². The summed E-state index contributed by atoms with van der Waals surface area (Å²) in [4.78, 5) is 9.00. The Labute approximate surface area is 170 Å². The molecule has 1 aromatic carbocycles. The Hall–Kier alpha value is -2.26. The average molecular weight is 379 g/mol. The summed E-state index contributed by atoms with van der Waals surface area (Å²) in [6.07, 6.45) is 18.2. The fourth-order valence-electron chi connectivity index (χ4n) is 2.99. The highest BCUT2D eigenvalue weighted by molar-refractivity contribution is 5.56. The van der Waals surface area contributed by atoms with Crippen molar-refractivity contribution in [3.63, 3.8) is 0 Å². The molecule has 0 amide bonds. The summed E-state index contributed by atoms with van der Waals surface area (Å²) >= 11 is 0.